The van der Waals surface area contributed by atoms with Gasteiger partial charge in [0, 0.05) is 13.1 Å². The molecule has 0 aliphatic carbocycles. The summed E-state index contributed by atoms with van der Waals surface area (Å²) in [6, 6.07) is 5.27. The number of carbonyl (C=O) groups is 1. The van der Waals surface area contributed by atoms with Crippen molar-refractivity contribution in [3.8, 4) is 0 Å². The van der Waals surface area contributed by atoms with Gasteiger partial charge in [0.25, 0.3) is 0 Å². The Morgan fingerprint density at radius 2 is 1.92 bits per heavy atom. The fourth-order valence-corrected chi connectivity index (χ4v) is 3.46. The molecule has 1 N–H and O–H groups in total. The van der Waals surface area contributed by atoms with Crippen molar-refractivity contribution in [1.82, 2.24) is 14.5 Å². The van der Waals surface area contributed by atoms with Crippen LogP contribution in [0.2, 0.25) is 0 Å². The highest BCUT2D eigenvalue weighted by atomic mass is 19.4. The van der Waals surface area contributed by atoms with E-state index in [9.17, 15) is 26.7 Å². The van der Waals surface area contributed by atoms with E-state index in [1.54, 1.807) is 12.1 Å². The van der Waals surface area contributed by atoms with Crippen molar-refractivity contribution < 1.29 is 31.9 Å². The van der Waals surface area contributed by atoms with E-state index in [4.69, 9.17) is 5.11 Å². The summed E-state index contributed by atoms with van der Waals surface area (Å²) < 4.78 is 67.2. The summed E-state index contributed by atoms with van der Waals surface area (Å²) in [5.74, 6) is -5.33. The smallest absolute Gasteiger partial charge is 0.393 e. The maximum atomic E-state index is 13.5. The van der Waals surface area contributed by atoms with E-state index in [2.05, 4.69) is 4.98 Å². The molecule has 1 aliphatic rings. The zero-order chi connectivity index (χ0) is 19.2. The number of hydrogen-bond donors (Lipinski definition) is 1. The third-order valence-corrected chi connectivity index (χ3v) is 4.83. The van der Waals surface area contributed by atoms with Crippen molar-refractivity contribution in [1.29, 1.82) is 0 Å². The number of benzene rings is 1. The number of aliphatic carboxylic acids is 1. The number of likely N-dealkylation sites (tertiary alicyclic amines) is 1. The average Bonchev–Trinajstić information content (AvgIpc) is 3.15. The van der Waals surface area contributed by atoms with Crippen LogP contribution in [-0.2, 0) is 4.79 Å². The van der Waals surface area contributed by atoms with Crippen molar-refractivity contribution >= 4 is 17.0 Å². The monoisotopic (exact) mass is 377 g/mol. The van der Waals surface area contributed by atoms with Gasteiger partial charge in [-0.15, -0.1) is 0 Å². The van der Waals surface area contributed by atoms with Crippen molar-refractivity contribution in [3.63, 3.8) is 0 Å². The highest BCUT2D eigenvalue weighted by Gasteiger charge is 2.53. The molecule has 2 heterocycles. The molecular formula is C16H16F5N3O2. The number of imidazole rings is 1. The molecule has 1 aliphatic heterocycles. The Bertz CT molecular complexity index is 820. The maximum Gasteiger partial charge on any atom is 0.393 e. The minimum Gasteiger partial charge on any atom is -0.481 e. The van der Waals surface area contributed by atoms with Gasteiger partial charge in [0.1, 0.15) is 5.82 Å². The Morgan fingerprint density at radius 3 is 2.46 bits per heavy atom. The number of carboxylic acid groups (broad SMARTS) is 1. The first-order chi connectivity index (χ1) is 12.1. The minimum absolute atomic E-state index is 0.0897. The van der Waals surface area contributed by atoms with Crippen LogP contribution in [0.4, 0.5) is 22.0 Å². The van der Waals surface area contributed by atoms with E-state index in [1.165, 1.54) is 24.0 Å². The third-order valence-electron chi connectivity index (χ3n) is 4.83. The van der Waals surface area contributed by atoms with Crippen LogP contribution in [0.1, 0.15) is 25.3 Å². The van der Waals surface area contributed by atoms with Crippen LogP contribution >= 0.6 is 0 Å². The number of carboxylic acids is 1. The summed E-state index contributed by atoms with van der Waals surface area (Å²) in [5.41, 5.74) is 0.474. The van der Waals surface area contributed by atoms with E-state index >= 15 is 0 Å². The summed E-state index contributed by atoms with van der Waals surface area (Å²) in [7, 11) is 0. The summed E-state index contributed by atoms with van der Waals surface area (Å²) in [5, 5.41) is 9.11. The van der Waals surface area contributed by atoms with Crippen molar-refractivity contribution in [2.24, 2.45) is 11.8 Å². The van der Waals surface area contributed by atoms with Crippen LogP contribution in [0.15, 0.2) is 24.3 Å². The van der Waals surface area contributed by atoms with Crippen LogP contribution in [0, 0.1) is 11.8 Å². The predicted molar refractivity (Wildman–Crippen MR) is 81.6 cm³/mol. The molecule has 1 aromatic carbocycles. The van der Waals surface area contributed by atoms with Gasteiger partial charge in [-0.2, -0.15) is 22.0 Å². The highest BCUT2D eigenvalue weighted by Crippen LogP contribution is 2.41. The molecule has 0 amide bonds. The number of aromatic nitrogens is 2. The topological polar surface area (TPSA) is 58.4 Å². The molecule has 1 aromatic heterocycles. The van der Waals surface area contributed by atoms with Gasteiger partial charge in [-0.1, -0.05) is 12.1 Å². The minimum atomic E-state index is -4.68. The lowest BCUT2D eigenvalue weighted by Gasteiger charge is -2.25. The van der Waals surface area contributed by atoms with Crippen LogP contribution in [-0.4, -0.2) is 44.8 Å². The van der Waals surface area contributed by atoms with Crippen LogP contribution in [0.25, 0.3) is 11.0 Å². The molecule has 10 heteroatoms. The van der Waals surface area contributed by atoms with Gasteiger partial charge in [-0.05, 0) is 19.1 Å². The Kier molecular flexibility index (Phi) is 4.63. The molecule has 2 aromatic rings. The summed E-state index contributed by atoms with van der Waals surface area (Å²) in [6.45, 7) is -2.42. The quantitative estimate of drug-likeness (QED) is 0.826. The van der Waals surface area contributed by atoms with E-state index in [1.807, 2.05) is 0 Å². The number of alkyl halides is 5. The molecule has 26 heavy (non-hydrogen) atoms. The molecule has 1 unspecified atom stereocenters. The number of halogens is 5. The highest BCUT2D eigenvalue weighted by molar-refractivity contribution is 5.76. The average molecular weight is 377 g/mol. The van der Waals surface area contributed by atoms with Crippen molar-refractivity contribution in [2.45, 2.75) is 25.7 Å². The number of hydrogen-bond acceptors (Lipinski definition) is 3. The van der Waals surface area contributed by atoms with Crippen LogP contribution in [0.3, 0.4) is 0 Å². The first kappa shape index (κ1) is 18.6. The molecule has 0 bridgehead atoms. The second-order valence-corrected chi connectivity index (χ2v) is 6.33. The van der Waals surface area contributed by atoms with E-state index < -0.39 is 43.1 Å². The molecule has 1 saturated heterocycles. The van der Waals surface area contributed by atoms with Gasteiger partial charge in [-0.3, -0.25) is 14.3 Å². The lowest BCUT2D eigenvalue weighted by molar-refractivity contribution is -0.188. The summed E-state index contributed by atoms with van der Waals surface area (Å²) in [4.78, 5) is 16.6. The lowest BCUT2D eigenvalue weighted by atomic mass is 9.96. The second kappa shape index (κ2) is 6.49. The number of nitrogens with zero attached hydrogens (tertiary/aromatic N) is 3. The molecule has 0 radical (unpaired) electrons. The molecule has 5 nitrogen and oxygen atoms in total. The van der Waals surface area contributed by atoms with E-state index in [-0.39, 0.29) is 17.9 Å². The molecule has 0 saturated carbocycles. The van der Waals surface area contributed by atoms with Crippen molar-refractivity contribution in [2.75, 3.05) is 13.1 Å². The standard InChI is InChI=1S/C16H16F5N3O2/c1-8(23-6-9(14(25)26)10(7-23)16(19,20)21)13-22-11-4-2-3-5-12(11)24(13)15(17)18/h2-5,8-10,15H,6-7H2,1H3,(H,25,26)/t8?,9-,10-/m1/s1. The van der Waals surface area contributed by atoms with Gasteiger partial charge in [0.15, 0.2) is 0 Å². The SMILES string of the molecule is CC(c1nc2ccccc2n1C(F)F)N1C[C@@H](C(F)(F)F)[C@H](C(=O)O)C1. The summed E-state index contributed by atoms with van der Waals surface area (Å²) >= 11 is 0. The fourth-order valence-electron chi connectivity index (χ4n) is 3.46. The Balaban J connectivity index is 1.97. The second-order valence-electron chi connectivity index (χ2n) is 6.33. The Hall–Kier alpha value is -2.23. The molecule has 3 rings (SSSR count). The Morgan fingerprint density at radius 1 is 1.27 bits per heavy atom. The largest absolute Gasteiger partial charge is 0.481 e. The normalized spacial score (nSPS) is 23.0. The van der Waals surface area contributed by atoms with Gasteiger partial charge >= 0.3 is 18.7 Å². The van der Waals surface area contributed by atoms with E-state index in [0.29, 0.717) is 10.1 Å². The van der Waals surface area contributed by atoms with Crippen molar-refractivity contribution in [3.05, 3.63) is 30.1 Å². The van der Waals surface area contributed by atoms with Crippen LogP contribution in [0.5, 0.6) is 0 Å². The fraction of sp³-hybridized carbons (Fsp3) is 0.500. The number of rotatable bonds is 4. The van der Waals surface area contributed by atoms with Gasteiger partial charge in [0.2, 0.25) is 0 Å². The lowest BCUT2D eigenvalue weighted by Crippen LogP contribution is -2.33. The number of para-hydroxylation sites is 2. The third kappa shape index (κ3) is 3.13. The molecule has 142 valence electrons. The first-order valence-corrected chi connectivity index (χ1v) is 7.89. The Labute approximate surface area is 145 Å². The maximum absolute atomic E-state index is 13.5. The van der Waals surface area contributed by atoms with Crippen LogP contribution < -0.4 is 0 Å². The molecule has 0 spiro atoms. The molecule has 1 fully saturated rings. The van der Waals surface area contributed by atoms with Gasteiger partial charge in [-0.25, -0.2) is 4.98 Å². The number of fused-ring (bicyclic) bond motifs is 1. The molecular weight excluding hydrogens is 361 g/mol. The molecule has 3 atom stereocenters. The first-order valence-electron chi connectivity index (χ1n) is 7.89. The van der Waals surface area contributed by atoms with E-state index in [0.717, 1.165) is 0 Å². The van der Waals surface area contributed by atoms with Gasteiger partial charge < -0.3 is 5.11 Å². The van der Waals surface area contributed by atoms with Gasteiger partial charge in [0.05, 0.1) is 28.9 Å². The summed E-state index contributed by atoms with van der Waals surface area (Å²) in [6.07, 6.45) is -4.68. The zero-order valence-corrected chi connectivity index (χ0v) is 13.6. The predicted octanol–water partition coefficient (Wildman–Crippen LogP) is 3.69. The zero-order valence-electron chi connectivity index (χ0n) is 13.6.